The standard InChI is InChI=1S/C19H25N7O4/c1-30-16-4-3-13(10-23-16)15(9-17(27)28)25-18(29)14-11-24-26(12-14)8-2-5-20-19-21-6-7-22-19/h3-4,10-12,15H,2,5-9H2,1H3,(H,25,29)(H,27,28)(H2,20,21,22)/t15-/m0/s1. The van der Waals surface area contributed by atoms with E-state index in [-0.39, 0.29) is 6.42 Å². The van der Waals surface area contributed by atoms with E-state index in [0.717, 1.165) is 32.0 Å². The van der Waals surface area contributed by atoms with Crippen molar-refractivity contribution in [3.8, 4) is 5.88 Å². The first kappa shape index (κ1) is 21.1. The van der Waals surface area contributed by atoms with Gasteiger partial charge in [-0.3, -0.25) is 19.3 Å². The van der Waals surface area contributed by atoms with Gasteiger partial charge in [-0.2, -0.15) is 5.10 Å². The van der Waals surface area contributed by atoms with Gasteiger partial charge in [0.2, 0.25) is 5.88 Å². The number of aromatic nitrogens is 3. The van der Waals surface area contributed by atoms with Crippen LogP contribution in [-0.4, -0.2) is 64.5 Å². The van der Waals surface area contributed by atoms with E-state index in [4.69, 9.17) is 4.74 Å². The summed E-state index contributed by atoms with van der Waals surface area (Å²) in [5.74, 6) is -0.203. The molecule has 0 unspecified atom stereocenters. The summed E-state index contributed by atoms with van der Waals surface area (Å²) < 4.78 is 6.69. The summed E-state index contributed by atoms with van der Waals surface area (Å²) in [6.07, 6.45) is 5.15. The number of pyridine rings is 1. The van der Waals surface area contributed by atoms with Crippen LogP contribution < -0.4 is 20.7 Å². The number of hydrogen-bond acceptors (Lipinski definition) is 8. The molecule has 1 amide bonds. The van der Waals surface area contributed by atoms with Gasteiger partial charge in [-0.1, -0.05) is 6.07 Å². The Bertz CT molecular complexity index is 895. The maximum atomic E-state index is 12.6. The maximum Gasteiger partial charge on any atom is 0.305 e. The Hall–Kier alpha value is -3.63. The minimum absolute atomic E-state index is 0.266. The van der Waals surface area contributed by atoms with E-state index in [2.05, 4.69) is 31.0 Å². The number of aliphatic imine (C=N–C) groups is 1. The summed E-state index contributed by atoms with van der Waals surface area (Å²) in [4.78, 5) is 32.2. The lowest BCUT2D eigenvalue weighted by Gasteiger charge is -2.17. The second kappa shape index (κ2) is 10.2. The fraction of sp³-hybridized carbons (Fsp3) is 0.421. The zero-order valence-electron chi connectivity index (χ0n) is 16.7. The van der Waals surface area contributed by atoms with Gasteiger partial charge in [-0.25, -0.2) is 4.98 Å². The Balaban J connectivity index is 1.55. The smallest absolute Gasteiger partial charge is 0.305 e. The molecule has 0 aromatic carbocycles. The Kier molecular flexibility index (Phi) is 7.19. The van der Waals surface area contributed by atoms with Crippen molar-refractivity contribution < 1.29 is 19.4 Å². The van der Waals surface area contributed by atoms with Crippen molar-refractivity contribution in [3.05, 3.63) is 41.9 Å². The number of carbonyl (C=O) groups is 2. The van der Waals surface area contributed by atoms with Gasteiger partial charge in [0.1, 0.15) is 0 Å². The molecule has 11 nitrogen and oxygen atoms in total. The molecular formula is C19H25N7O4. The van der Waals surface area contributed by atoms with Crippen molar-refractivity contribution in [2.75, 3.05) is 26.7 Å². The Morgan fingerprint density at radius 1 is 1.37 bits per heavy atom. The normalized spacial score (nSPS) is 13.8. The highest BCUT2D eigenvalue weighted by molar-refractivity contribution is 5.94. The van der Waals surface area contributed by atoms with Crippen LogP contribution in [0.1, 0.15) is 34.8 Å². The molecule has 1 aliphatic rings. The number of aryl methyl sites for hydroxylation is 1. The van der Waals surface area contributed by atoms with Crippen LogP contribution in [0.15, 0.2) is 35.7 Å². The van der Waals surface area contributed by atoms with Crippen LogP contribution in [0.25, 0.3) is 0 Å². The molecule has 160 valence electrons. The van der Waals surface area contributed by atoms with Crippen molar-refractivity contribution in [1.29, 1.82) is 0 Å². The zero-order valence-corrected chi connectivity index (χ0v) is 16.7. The molecule has 2 aromatic heterocycles. The first-order valence-corrected chi connectivity index (χ1v) is 9.62. The number of carboxylic acids is 1. The molecule has 0 saturated carbocycles. The van der Waals surface area contributed by atoms with Crippen molar-refractivity contribution in [3.63, 3.8) is 0 Å². The lowest BCUT2D eigenvalue weighted by atomic mass is 10.1. The molecular weight excluding hydrogens is 390 g/mol. The molecule has 0 fully saturated rings. The third-order valence-electron chi connectivity index (χ3n) is 4.48. The van der Waals surface area contributed by atoms with Crippen molar-refractivity contribution in [2.45, 2.75) is 25.4 Å². The summed E-state index contributed by atoms with van der Waals surface area (Å²) in [5, 5.41) is 22.5. The maximum absolute atomic E-state index is 12.6. The van der Waals surface area contributed by atoms with Crippen LogP contribution in [0, 0.1) is 0 Å². The fourth-order valence-corrected chi connectivity index (χ4v) is 2.95. The third-order valence-corrected chi connectivity index (χ3v) is 4.48. The van der Waals surface area contributed by atoms with Gasteiger partial charge in [-0.15, -0.1) is 0 Å². The van der Waals surface area contributed by atoms with E-state index in [1.807, 2.05) is 0 Å². The second-order valence-corrected chi connectivity index (χ2v) is 6.69. The van der Waals surface area contributed by atoms with Gasteiger partial charge in [0.05, 0.1) is 37.9 Å². The topological polar surface area (TPSA) is 143 Å². The highest BCUT2D eigenvalue weighted by Crippen LogP contribution is 2.19. The highest BCUT2D eigenvalue weighted by atomic mass is 16.5. The van der Waals surface area contributed by atoms with Crippen LogP contribution in [-0.2, 0) is 11.3 Å². The van der Waals surface area contributed by atoms with Gasteiger partial charge in [0, 0.05) is 38.1 Å². The predicted molar refractivity (Wildman–Crippen MR) is 108 cm³/mol. The van der Waals surface area contributed by atoms with Crippen molar-refractivity contribution in [2.24, 2.45) is 4.99 Å². The van der Waals surface area contributed by atoms with E-state index >= 15 is 0 Å². The third kappa shape index (κ3) is 5.93. The molecule has 3 rings (SSSR count). The number of aliphatic carboxylic acids is 1. The molecule has 11 heteroatoms. The van der Waals surface area contributed by atoms with Crippen molar-refractivity contribution in [1.82, 2.24) is 30.7 Å². The number of guanidine groups is 1. The lowest BCUT2D eigenvalue weighted by molar-refractivity contribution is -0.137. The van der Waals surface area contributed by atoms with E-state index in [9.17, 15) is 14.7 Å². The number of amides is 1. The summed E-state index contributed by atoms with van der Waals surface area (Å²) in [5.41, 5.74) is 0.940. The SMILES string of the molecule is COc1ccc([C@H](CC(=O)O)NC(=O)c2cnn(CCCNC3=NCCN3)c2)cn1. The highest BCUT2D eigenvalue weighted by Gasteiger charge is 2.20. The van der Waals surface area contributed by atoms with Gasteiger partial charge >= 0.3 is 5.97 Å². The molecule has 0 bridgehead atoms. The molecule has 0 radical (unpaired) electrons. The Morgan fingerprint density at radius 2 is 2.23 bits per heavy atom. The number of nitrogens with one attached hydrogen (secondary N) is 3. The molecule has 3 heterocycles. The second-order valence-electron chi connectivity index (χ2n) is 6.69. The van der Waals surface area contributed by atoms with Gasteiger partial charge < -0.3 is 25.8 Å². The van der Waals surface area contributed by atoms with Gasteiger partial charge in [0.15, 0.2) is 5.96 Å². The van der Waals surface area contributed by atoms with Crippen LogP contribution in [0.3, 0.4) is 0 Å². The van der Waals surface area contributed by atoms with Crippen LogP contribution in [0.5, 0.6) is 5.88 Å². The molecule has 30 heavy (non-hydrogen) atoms. The fourth-order valence-electron chi connectivity index (χ4n) is 2.95. The zero-order chi connectivity index (χ0) is 21.3. The van der Waals surface area contributed by atoms with Gasteiger partial charge in [0.25, 0.3) is 5.91 Å². The monoisotopic (exact) mass is 415 g/mol. The summed E-state index contributed by atoms with van der Waals surface area (Å²) in [7, 11) is 1.49. The van der Waals surface area contributed by atoms with Crippen LogP contribution in [0.2, 0.25) is 0 Å². The summed E-state index contributed by atoms with van der Waals surface area (Å²) >= 11 is 0. The molecule has 1 atom stereocenters. The molecule has 2 aromatic rings. The van der Waals surface area contributed by atoms with Crippen LogP contribution >= 0.6 is 0 Å². The van der Waals surface area contributed by atoms with Gasteiger partial charge in [-0.05, 0) is 12.0 Å². The number of methoxy groups -OCH3 is 1. The molecule has 0 saturated heterocycles. The quantitative estimate of drug-likeness (QED) is 0.402. The average Bonchev–Trinajstić information content (AvgIpc) is 3.42. The Morgan fingerprint density at radius 3 is 2.90 bits per heavy atom. The van der Waals surface area contributed by atoms with E-state index in [1.54, 1.807) is 23.0 Å². The van der Waals surface area contributed by atoms with E-state index in [0.29, 0.717) is 23.6 Å². The molecule has 1 aliphatic heterocycles. The van der Waals surface area contributed by atoms with Crippen LogP contribution in [0.4, 0.5) is 0 Å². The lowest BCUT2D eigenvalue weighted by Crippen LogP contribution is -2.34. The number of nitrogens with zero attached hydrogens (tertiary/aromatic N) is 4. The summed E-state index contributed by atoms with van der Waals surface area (Å²) in [6, 6.07) is 2.58. The van der Waals surface area contributed by atoms with Crippen molar-refractivity contribution >= 4 is 17.8 Å². The van der Waals surface area contributed by atoms with E-state index < -0.39 is 17.9 Å². The minimum atomic E-state index is -1.03. The minimum Gasteiger partial charge on any atom is -0.481 e. The first-order chi connectivity index (χ1) is 14.5. The van der Waals surface area contributed by atoms with E-state index in [1.165, 1.54) is 19.5 Å². The Labute approximate surface area is 173 Å². The average molecular weight is 415 g/mol. The number of carbonyl (C=O) groups excluding carboxylic acids is 1. The first-order valence-electron chi connectivity index (χ1n) is 9.62. The molecule has 4 N–H and O–H groups in total. The largest absolute Gasteiger partial charge is 0.481 e. The summed E-state index contributed by atoms with van der Waals surface area (Å²) in [6.45, 7) is 3.01. The molecule has 0 spiro atoms. The number of hydrogen-bond donors (Lipinski definition) is 4. The predicted octanol–water partition coefficient (Wildman–Crippen LogP) is 0.171. The number of ether oxygens (including phenoxy) is 1. The number of carboxylic acid groups (broad SMARTS) is 1. The number of rotatable bonds is 10. The molecule has 0 aliphatic carbocycles.